The number of thiophene rings is 1. The van der Waals surface area contributed by atoms with Crippen molar-refractivity contribution < 1.29 is 9.53 Å². The van der Waals surface area contributed by atoms with Gasteiger partial charge < -0.3 is 10.1 Å². The quantitative estimate of drug-likeness (QED) is 0.639. The van der Waals surface area contributed by atoms with E-state index in [9.17, 15) is 4.79 Å². The normalized spacial score (nSPS) is 10.6. The Labute approximate surface area is 116 Å². The smallest absolute Gasteiger partial charge is 0.197 e. The van der Waals surface area contributed by atoms with E-state index in [0.29, 0.717) is 6.61 Å². The third-order valence-electron chi connectivity index (χ3n) is 2.41. The molecule has 0 fully saturated rings. The molecule has 3 nitrogen and oxygen atoms in total. The summed E-state index contributed by atoms with van der Waals surface area (Å²) in [6.07, 6.45) is 3.18. The number of benzene rings is 1. The predicted molar refractivity (Wildman–Crippen MR) is 79.0 cm³/mol. The Hall–Kier alpha value is -2.07. The van der Waals surface area contributed by atoms with Crippen LogP contribution in [-0.4, -0.2) is 12.4 Å². The van der Waals surface area contributed by atoms with Gasteiger partial charge in [0.2, 0.25) is 0 Å². The molecule has 1 N–H and O–H groups in total. The van der Waals surface area contributed by atoms with E-state index in [0.717, 1.165) is 16.3 Å². The molecule has 0 aliphatic carbocycles. The van der Waals surface area contributed by atoms with Crippen LogP contribution in [0.1, 0.15) is 16.6 Å². The molecule has 0 spiro atoms. The lowest BCUT2D eigenvalue weighted by Gasteiger charge is -2.04. The molecule has 0 aliphatic heterocycles. The van der Waals surface area contributed by atoms with Crippen LogP contribution in [0.5, 0.6) is 5.75 Å². The topological polar surface area (TPSA) is 38.3 Å². The average Bonchev–Trinajstić information content (AvgIpc) is 2.95. The highest BCUT2D eigenvalue weighted by molar-refractivity contribution is 7.12. The van der Waals surface area contributed by atoms with Gasteiger partial charge in [-0.05, 0) is 42.6 Å². The van der Waals surface area contributed by atoms with Gasteiger partial charge in [-0.3, -0.25) is 4.79 Å². The first-order chi connectivity index (χ1) is 9.29. The molecule has 19 heavy (non-hydrogen) atoms. The van der Waals surface area contributed by atoms with Gasteiger partial charge in [0.15, 0.2) is 5.78 Å². The molecule has 0 amide bonds. The predicted octanol–water partition coefficient (Wildman–Crippen LogP) is 3.96. The van der Waals surface area contributed by atoms with E-state index >= 15 is 0 Å². The number of anilines is 1. The molecular weight excluding hydrogens is 258 g/mol. The Morgan fingerprint density at radius 1 is 1.32 bits per heavy atom. The van der Waals surface area contributed by atoms with Crippen LogP contribution >= 0.6 is 11.3 Å². The number of hydrogen-bond acceptors (Lipinski definition) is 4. The summed E-state index contributed by atoms with van der Waals surface area (Å²) < 4.78 is 5.35. The van der Waals surface area contributed by atoms with Crippen molar-refractivity contribution in [3.63, 3.8) is 0 Å². The van der Waals surface area contributed by atoms with Gasteiger partial charge >= 0.3 is 0 Å². The molecule has 0 unspecified atom stereocenters. The molecular formula is C15H15NO2S. The minimum Gasteiger partial charge on any atom is -0.494 e. The van der Waals surface area contributed by atoms with E-state index in [2.05, 4.69) is 5.32 Å². The van der Waals surface area contributed by atoms with E-state index in [1.807, 2.05) is 48.7 Å². The summed E-state index contributed by atoms with van der Waals surface area (Å²) in [6.45, 7) is 2.60. The van der Waals surface area contributed by atoms with Crippen LogP contribution in [0.4, 0.5) is 5.69 Å². The number of hydrogen-bond donors (Lipinski definition) is 1. The van der Waals surface area contributed by atoms with Crippen molar-refractivity contribution >= 4 is 22.8 Å². The van der Waals surface area contributed by atoms with Crippen LogP contribution in [0.25, 0.3) is 0 Å². The maximum atomic E-state index is 11.7. The molecule has 0 saturated heterocycles. The van der Waals surface area contributed by atoms with Gasteiger partial charge in [-0.25, -0.2) is 0 Å². The van der Waals surface area contributed by atoms with E-state index in [-0.39, 0.29) is 5.78 Å². The molecule has 2 rings (SSSR count). The highest BCUT2D eigenvalue weighted by Gasteiger charge is 2.00. The summed E-state index contributed by atoms with van der Waals surface area (Å²) in [7, 11) is 0. The van der Waals surface area contributed by atoms with Crippen LogP contribution in [0.2, 0.25) is 0 Å². The average molecular weight is 273 g/mol. The SMILES string of the molecule is CCOc1ccc(N/C=C\C(=O)c2cccs2)cc1. The largest absolute Gasteiger partial charge is 0.494 e. The zero-order valence-electron chi connectivity index (χ0n) is 10.6. The summed E-state index contributed by atoms with van der Waals surface area (Å²) in [5, 5.41) is 4.94. The van der Waals surface area contributed by atoms with Crippen LogP contribution in [0.15, 0.2) is 54.1 Å². The van der Waals surface area contributed by atoms with E-state index in [4.69, 9.17) is 4.74 Å². The van der Waals surface area contributed by atoms with Crippen LogP contribution in [-0.2, 0) is 0 Å². The van der Waals surface area contributed by atoms with Crippen molar-refractivity contribution in [2.75, 3.05) is 11.9 Å². The van der Waals surface area contributed by atoms with Crippen LogP contribution in [0, 0.1) is 0 Å². The number of ether oxygens (including phenoxy) is 1. The summed E-state index contributed by atoms with van der Waals surface area (Å²) >= 11 is 1.44. The Bertz CT molecular complexity index is 544. The third kappa shape index (κ3) is 3.96. The molecule has 98 valence electrons. The Morgan fingerprint density at radius 3 is 2.74 bits per heavy atom. The molecule has 0 aliphatic rings. The Morgan fingerprint density at radius 2 is 2.11 bits per heavy atom. The zero-order valence-corrected chi connectivity index (χ0v) is 11.4. The third-order valence-corrected chi connectivity index (χ3v) is 3.30. The van der Waals surface area contributed by atoms with Gasteiger partial charge in [-0.2, -0.15) is 0 Å². The monoisotopic (exact) mass is 273 g/mol. The lowest BCUT2D eigenvalue weighted by molar-refractivity contribution is 0.105. The van der Waals surface area contributed by atoms with E-state index < -0.39 is 0 Å². The Kier molecular flexibility index (Phi) is 4.75. The summed E-state index contributed by atoms with van der Waals surface area (Å²) in [5.41, 5.74) is 0.915. The fraction of sp³-hybridized carbons (Fsp3) is 0.133. The van der Waals surface area contributed by atoms with E-state index in [1.54, 1.807) is 6.20 Å². The van der Waals surface area contributed by atoms with Gasteiger partial charge in [0.1, 0.15) is 5.75 Å². The minimum absolute atomic E-state index is 0.00781. The fourth-order valence-electron chi connectivity index (χ4n) is 1.53. The number of carbonyl (C=O) groups is 1. The molecule has 0 atom stereocenters. The summed E-state index contributed by atoms with van der Waals surface area (Å²) in [4.78, 5) is 12.4. The molecule has 0 bridgehead atoms. The number of carbonyl (C=O) groups excluding carboxylic acids is 1. The molecule has 0 radical (unpaired) electrons. The number of rotatable bonds is 6. The van der Waals surface area contributed by atoms with Crippen LogP contribution in [0.3, 0.4) is 0 Å². The highest BCUT2D eigenvalue weighted by Crippen LogP contribution is 2.15. The van der Waals surface area contributed by atoms with Crippen molar-refractivity contribution in [1.29, 1.82) is 0 Å². The maximum Gasteiger partial charge on any atom is 0.197 e. The number of ketones is 1. The molecule has 1 heterocycles. The lowest BCUT2D eigenvalue weighted by Crippen LogP contribution is -1.94. The first-order valence-electron chi connectivity index (χ1n) is 6.03. The first kappa shape index (κ1) is 13.4. The van der Waals surface area contributed by atoms with Crippen molar-refractivity contribution in [1.82, 2.24) is 0 Å². The van der Waals surface area contributed by atoms with Gasteiger partial charge in [0.25, 0.3) is 0 Å². The standard InChI is InChI=1S/C15H15NO2S/c1-2-18-13-7-5-12(6-8-13)16-10-9-14(17)15-4-3-11-19-15/h3-11,16H,2H2,1H3/b10-9-. The second kappa shape index (κ2) is 6.75. The molecule has 0 saturated carbocycles. The highest BCUT2D eigenvalue weighted by atomic mass is 32.1. The second-order valence-electron chi connectivity index (χ2n) is 3.78. The zero-order chi connectivity index (χ0) is 13.5. The molecule has 1 aromatic carbocycles. The van der Waals surface area contributed by atoms with E-state index in [1.165, 1.54) is 17.4 Å². The summed E-state index contributed by atoms with van der Waals surface area (Å²) in [5.74, 6) is 0.847. The van der Waals surface area contributed by atoms with Crippen molar-refractivity contribution in [3.8, 4) is 5.75 Å². The minimum atomic E-state index is 0.00781. The van der Waals surface area contributed by atoms with Gasteiger partial charge in [0, 0.05) is 18.0 Å². The molecule has 1 aromatic heterocycles. The molecule has 2 aromatic rings. The summed E-state index contributed by atoms with van der Waals surface area (Å²) in [6, 6.07) is 11.3. The second-order valence-corrected chi connectivity index (χ2v) is 4.72. The maximum absolute atomic E-state index is 11.7. The number of allylic oxidation sites excluding steroid dienone is 1. The van der Waals surface area contributed by atoms with Crippen molar-refractivity contribution in [2.24, 2.45) is 0 Å². The van der Waals surface area contributed by atoms with Gasteiger partial charge in [0.05, 0.1) is 11.5 Å². The number of nitrogens with one attached hydrogen (secondary N) is 1. The first-order valence-corrected chi connectivity index (χ1v) is 6.91. The lowest BCUT2D eigenvalue weighted by atomic mass is 10.3. The van der Waals surface area contributed by atoms with Gasteiger partial charge in [-0.1, -0.05) is 6.07 Å². The molecule has 4 heteroatoms. The van der Waals surface area contributed by atoms with Gasteiger partial charge in [-0.15, -0.1) is 11.3 Å². The fourth-order valence-corrected chi connectivity index (χ4v) is 2.17. The van der Waals surface area contributed by atoms with Crippen LogP contribution < -0.4 is 10.1 Å². The van der Waals surface area contributed by atoms with Crippen molar-refractivity contribution in [3.05, 3.63) is 58.9 Å². The Balaban J connectivity index is 1.89. The van der Waals surface area contributed by atoms with Crippen molar-refractivity contribution in [2.45, 2.75) is 6.92 Å².